The van der Waals surface area contributed by atoms with Crippen LogP contribution in [0, 0.1) is 11.3 Å². The summed E-state index contributed by atoms with van der Waals surface area (Å²) in [5.74, 6) is 0.198. The molecule has 2 N–H and O–H groups in total. The number of halogens is 1. The highest BCUT2D eigenvalue weighted by Gasteiger charge is 2.35. The number of nitrogens with two attached hydrogens (primary N) is 1. The molecule has 0 aliphatic carbocycles. The molecule has 22 heavy (non-hydrogen) atoms. The Kier molecular flexibility index (Phi) is 4.57. The van der Waals surface area contributed by atoms with Crippen LogP contribution in [0.25, 0.3) is 0 Å². The first-order valence-electron chi connectivity index (χ1n) is 6.53. The molecule has 1 aromatic rings. The molecule has 5 nitrogen and oxygen atoms in total. The standard InChI is InChI=1S/C16H15BrN2O3/c1-8(20)14-9(2)22-16(19)12(7-18)15(14)11-6-10(17)4-5-13(11)21-3/h4-6,15H,19H2,1-3H3/t15-/m0/s1. The lowest BCUT2D eigenvalue weighted by Gasteiger charge is -2.27. The number of ketones is 1. The second-order valence-corrected chi connectivity index (χ2v) is 5.75. The number of carbonyl (C=O) groups excluding carboxylic acids is 1. The van der Waals surface area contributed by atoms with Crippen LogP contribution in [0.2, 0.25) is 0 Å². The SMILES string of the molecule is COc1ccc(Br)cc1[C@H]1C(C#N)=C(N)OC(C)=C1C(C)=O. The summed E-state index contributed by atoms with van der Waals surface area (Å²) in [4.78, 5) is 12.1. The van der Waals surface area contributed by atoms with Crippen LogP contribution in [0.1, 0.15) is 25.3 Å². The Morgan fingerprint density at radius 3 is 2.73 bits per heavy atom. The van der Waals surface area contributed by atoms with E-state index >= 15 is 0 Å². The van der Waals surface area contributed by atoms with E-state index in [-0.39, 0.29) is 17.2 Å². The summed E-state index contributed by atoms with van der Waals surface area (Å²) in [5.41, 5.74) is 7.13. The Balaban J connectivity index is 2.77. The molecule has 1 aliphatic rings. The number of nitrogens with zero attached hydrogens (tertiary/aromatic N) is 1. The van der Waals surface area contributed by atoms with Crippen molar-refractivity contribution in [2.45, 2.75) is 19.8 Å². The fourth-order valence-corrected chi connectivity index (χ4v) is 2.96. The Morgan fingerprint density at radius 1 is 1.50 bits per heavy atom. The van der Waals surface area contributed by atoms with Crippen molar-refractivity contribution < 1.29 is 14.3 Å². The Morgan fingerprint density at radius 2 is 2.18 bits per heavy atom. The number of benzene rings is 1. The van der Waals surface area contributed by atoms with Gasteiger partial charge in [-0.1, -0.05) is 15.9 Å². The van der Waals surface area contributed by atoms with Gasteiger partial charge in [0, 0.05) is 15.6 Å². The molecule has 1 heterocycles. The van der Waals surface area contributed by atoms with Gasteiger partial charge in [-0.2, -0.15) is 5.26 Å². The third-order valence-corrected chi connectivity index (χ3v) is 3.98. The van der Waals surface area contributed by atoms with E-state index in [0.29, 0.717) is 22.6 Å². The molecule has 0 amide bonds. The largest absolute Gasteiger partial charge is 0.496 e. The van der Waals surface area contributed by atoms with Crippen LogP contribution in [0.4, 0.5) is 0 Å². The molecule has 0 unspecified atom stereocenters. The number of methoxy groups -OCH3 is 1. The second kappa shape index (κ2) is 6.24. The first kappa shape index (κ1) is 16.1. The monoisotopic (exact) mass is 362 g/mol. The van der Waals surface area contributed by atoms with Crippen molar-refractivity contribution in [2.75, 3.05) is 7.11 Å². The maximum absolute atomic E-state index is 12.1. The molecule has 0 bridgehead atoms. The summed E-state index contributed by atoms with van der Waals surface area (Å²) in [6.07, 6.45) is 0. The Bertz CT molecular complexity index is 744. The van der Waals surface area contributed by atoms with E-state index < -0.39 is 5.92 Å². The van der Waals surface area contributed by atoms with Gasteiger partial charge in [0.05, 0.1) is 13.0 Å². The number of carbonyl (C=O) groups is 1. The number of Topliss-reactive ketones (excluding diaryl/α,β-unsaturated/α-hetero) is 1. The Hall–Kier alpha value is -2.26. The number of hydrogen-bond donors (Lipinski definition) is 1. The summed E-state index contributed by atoms with van der Waals surface area (Å²) in [6, 6.07) is 7.46. The van der Waals surface area contributed by atoms with Gasteiger partial charge in [-0.15, -0.1) is 0 Å². The van der Waals surface area contributed by atoms with Crippen molar-refractivity contribution in [1.29, 1.82) is 5.26 Å². The van der Waals surface area contributed by atoms with Gasteiger partial charge in [-0.25, -0.2) is 0 Å². The highest BCUT2D eigenvalue weighted by Crippen LogP contribution is 2.43. The van der Waals surface area contributed by atoms with Gasteiger partial charge >= 0.3 is 0 Å². The molecule has 0 saturated carbocycles. The molecule has 1 aromatic carbocycles. The van der Waals surface area contributed by atoms with Crippen molar-refractivity contribution >= 4 is 21.7 Å². The van der Waals surface area contributed by atoms with Gasteiger partial charge in [0.2, 0.25) is 5.88 Å². The van der Waals surface area contributed by atoms with Crippen molar-refractivity contribution in [1.82, 2.24) is 0 Å². The van der Waals surface area contributed by atoms with E-state index in [4.69, 9.17) is 15.2 Å². The van der Waals surface area contributed by atoms with Crippen LogP contribution in [-0.2, 0) is 9.53 Å². The van der Waals surface area contributed by atoms with E-state index in [1.165, 1.54) is 14.0 Å². The molecule has 2 rings (SSSR count). The average Bonchev–Trinajstić information content (AvgIpc) is 2.45. The number of allylic oxidation sites excluding steroid dienone is 3. The molecule has 0 aromatic heterocycles. The predicted molar refractivity (Wildman–Crippen MR) is 84.7 cm³/mol. The predicted octanol–water partition coefficient (Wildman–Crippen LogP) is 3.13. The smallest absolute Gasteiger partial charge is 0.205 e. The molecule has 0 fully saturated rings. The van der Waals surface area contributed by atoms with Crippen LogP contribution >= 0.6 is 15.9 Å². The van der Waals surface area contributed by atoms with Crippen molar-refractivity contribution in [3.05, 3.63) is 51.0 Å². The maximum atomic E-state index is 12.1. The quantitative estimate of drug-likeness (QED) is 0.892. The summed E-state index contributed by atoms with van der Waals surface area (Å²) in [6.45, 7) is 3.10. The van der Waals surface area contributed by atoms with E-state index in [1.54, 1.807) is 13.0 Å². The van der Waals surface area contributed by atoms with Crippen molar-refractivity contribution in [3.63, 3.8) is 0 Å². The highest BCUT2D eigenvalue weighted by atomic mass is 79.9. The molecular formula is C16H15BrN2O3. The minimum atomic E-state index is -0.608. The number of nitriles is 1. The minimum Gasteiger partial charge on any atom is -0.496 e. The zero-order chi connectivity index (χ0) is 16.4. The van der Waals surface area contributed by atoms with Crippen LogP contribution in [0.5, 0.6) is 5.75 Å². The first-order valence-corrected chi connectivity index (χ1v) is 7.32. The van der Waals surface area contributed by atoms with Crippen LogP contribution in [-0.4, -0.2) is 12.9 Å². The first-order chi connectivity index (χ1) is 10.4. The van der Waals surface area contributed by atoms with Gasteiger partial charge in [0.1, 0.15) is 23.2 Å². The summed E-state index contributed by atoms with van der Waals surface area (Å²) < 4.78 is 11.5. The lowest BCUT2D eigenvalue weighted by atomic mass is 9.81. The lowest BCUT2D eigenvalue weighted by Crippen LogP contribution is -2.23. The summed E-state index contributed by atoms with van der Waals surface area (Å²) in [5, 5.41) is 9.46. The normalized spacial score (nSPS) is 17.9. The van der Waals surface area contributed by atoms with Crippen molar-refractivity contribution in [3.8, 4) is 11.8 Å². The molecule has 1 aliphatic heterocycles. The Labute approximate surface area is 137 Å². The summed E-state index contributed by atoms with van der Waals surface area (Å²) >= 11 is 3.40. The molecule has 0 saturated heterocycles. The van der Waals surface area contributed by atoms with Gasteiger partial charge in [-0.3, -0.25) is 4.79 Å². The van der Waals surface area contributed by atoms with Crippen LogP contribution in [0.3, 0.4) is 0 Å². The number of ether oxygens (including phenoxy) is 2. The molecule has 114 valence electrons. The molecule has 0 radical (unpaired) electrons. The summed E-state index contributed by atoms with van der Waals surface area (Å²) in [7, 11) is 1.54. The van der Waals surface area contributed by atoms with Crippen LogP contribution in [0.15, 0.2) is 45.5 Å². The maximum Gasteiger partial charge on any atom is 0.205 e. The highest BCUT2D eigenvalue weighted by molar-refractivity contribution is 9.10. The molecule has 1 atom stereocenters. The molecule has 6 heteroatoms. The minimum absolute atomic E-state index is 0.0111. The van der Waals surface area contributed by atoms with Gasteiger partial charge in [0.25, 0.3) is 0 Å². The van der Waals surface area contributed by atoms with Crippen molar-refractivity contribution in [2.24, 2.45) is 5.73 Å². The number of hydrogen-bond acceptors (Lipinski definition) is 5. The second-order valence-electron chi connectivity index (χ2n) is 4.84. The third-order valence-electron chi connectivity index (χ3n) is 3.49. The van der Waals surface area contributed by atoms with Gasteiger partial charge < -0.3 is 15.2 Å². The third kappa shape index (κ3) is 2.72. The zero-order valence-corrected chi connectivity index (χ0v) is 14.0. The zero-order valence-electron chi connectivity index (χ0n) is 12.4. The topological polar surface area (TPSA) is 85.3 Å². The van der Waals surface area contributed by atoms with E-state index in [2.05, 4.69) is 22.0 Å². The number of rotatable bonds is 3. The van der Waals surface area contributed by atoms with Gasteiger partial charge in [0.15, 0.2) is 5.78 Å². The van der Waals surface area contributed by atoms with Crippen LogP contribution < -0.4 is 10.5 Å². The van der Waals surface area contributed by atoms with E-state index in [1.807, 2.05) is 12.1 Å². The molecule has 0 spiro atoms. The average molecular weight is 363 g/mol. The van der Waals surface area contributed by atoms with Gasteiger partial charge in [-0.05, 0) is 32.0 Å². The van der Waals surface area contributed by atoms with E-state index in [0.717, 1.165) is 4.47 Å². The lowest BCUT2D eigenvalue weighted by molar-refractivity contribution is -0.114. The molecular weight excluding hydrogens is 348 g/mol. The fourth-order valence-electron chi connectivity index (χ4n) is 2.58. The van der Waals surface area contributed by atoms with E-state index in [9.17, 15) is 10.1 Å². The fraction of sp³-hybridized carbons (Fsp3) is 0.250.